The summed E-state index contributed by atoms with van der Waals surface area (Å²) in [6, 6.07) is 7.05. The lowest BCUT2D eigenvalue weighted by atomic mass is 10.1. The Morgan fingerprint density at radius 1 is 1.00 bits per heavy atom. The van der Waals surface area contributed by atoms with Gasteiger partial charge in [-0.15, -0.1) is 0 Å². The van der Waals surface area contributed by atoms with Gasteiger partial charge < -0.3 is 10.6 Å². The highest BCUT2D eigenvalue weighted by Gasteiger charge is 2.09. The van der Waals surface area contributed by atoms with Gasteiger partial charge in [0.05, 0.1) is 0 Å². The second-order valence-electron chi connectivity index (χ2n) is 5.23. The molecule has 0 spiro atoms. The van der Waals surface area contributed by atoms with Crippen LogP contribution in [0.1, 0.15) is 37.0 Å². The van der Waals surface area contributed by atoms with Crippen molar-refractivity contribution in [3.63, 3.8) is 0 Å². The topological polar surface area (TPSA) is 75.3 Å². The Bertz CT molecular complexity index is 527. The smallest absolute Gasteiger partial charge is 0.222 e. The second-order valence-corrected chi connectivity index (χ2v) is 6.14. The first-order valence-corrected chi connectivity index (χ1v) is 8.02. The highest BCUT2D eigenvalue weighted by molar-refractivity contribution is 9.10. The summed E-state index contributed by atoms with van der Waals surface area (Å²) < 4.78 is 0.908. The standard InChI is InChI=1S/C16H21BrN2O3/c1-11(2)16(22)19-10-9-18-15(21)8-7-14(20)12-3-5-13(17)6-4-12/h3-6,11H,7-10H2,1-2H3,(H,18,21)(H,19,22). The molecule has 0 aliphatic carbocycles. The number of halogens is 1. The zero-order chi connectivity index (χ0) is 16.5. The molecule has 0 saturated heterocycles. The number of hydrogen-bond donors (Lipinski definition) is 2. The maximum Gasteiger partial charge on any atom is 0.222 e. The summed E-state index contributed by atoms with van der Waals surface area (Å²) >= 11 is 3.31. The van der Waals surface area contributed by atoms with Crippen molar-refractivity contribution in [1.82, 2.24) is 10.6 Å². The van der Waals surface area contributed by atoms with Crippen molar-refractivity contribution in [2.75, 3.05) is 13.1 Å². The van der Waals surface area contributed by atoms with Crippen LogP contribution in [0.15, 0.2) is 28.7 Å². The van der Waals surface area contributed by atoms with E-state index in [1.165, 1.54) is 0 Å². The average molecular weight is 369 g/mol. The van der Waals surface area contributed by atoms with Gasteiger partial charge in [-0.1, -0.05) is 41.9 Å². The highest BCUT2D eigenvalue weighted by atomic mass is 79.9. The van der Waals surface area contributed by atoms with Gasteiger partial charge >= 0.3 is 0 Å². The van der Waals surface area contributed by atoms with E-state index in [1.807, 2.05) is 13.8 Å². The normalized spacial score (nSPS) is 10.4. The molecule has 1 rings (SSSR count). The van der Waals surface area contributed by atoms with Crippen LogP contribution in [0, 0.1) is 5.92 Å². The fraction of sp³-hybridized carbons (Fsp3) is 0.438. The average Bonchev–Trinajstić information content (AvgIpc) is 2.49. The van der Waals surface area contributed by atoms with Crippen molar-refractivity contribution in [3.05, 3.63) is 34.3 Å². The van der Waals surface area contributed by atoms with Crippen LogP contribution in [-0.4, -0.2) is 30.7 Å². The molecule has 0 aliphatic heterocycles. The number of ketones is 1. The first-order chi connectivity index (χ1) is 10.4. The van der Waals surface area contributed by atoms with Crippen molar-refractivity contribution in [1.29, 1.82) is 0 Å². The quantitative estimate of drug-likeness (QED) is 0.546. The molecule has 6 heteroatoms. The molecule has 1 aromatic carbocycles. The van der Waals surface area contributed by atoms with E-state index in [9.17, 15) is 14.4 Å². The molecule has 0 aliphatic rings. The molecule has 5 nitrogen and oxygen atoms in total. The van der Waals surface area contributed by atoms with Crippen LogP contribution in [0.25, 0.3) is 0 Å². The van der Waals surface area contributed by atoms with E-state index in [1.54, 1.807) is 24.3 Å². The van der Waals surface area contributed by atoms with E-state index in [2.05, 4.69) is 26.6 Å². The molecule has 0 fully saturated rings. The summed E-state index contributed by atoms with van der Waals surface area (Å²) in [7, 11) is 0. The number of nitrogens with one attached hydrogen (secondary N) is 2. The maximum absolute atomic E-state index is 11.9. The van der Waals surface area contributed by atoms with Crippen LogP contribution in [0.5, 0.6) is 0 Å². The number of amides is 2. The molecule has 0 saturated carbocycles. The summed E-state index contributed by atoms with van der Waals surface area (Å²) in [6.07, 6.45) is 0.318. The summed E-state index contributed by atoms with van der Waals surface area (Å²) in [5.74, 6) is -0.362. The molecule has 0 bridgehead atoms. The molecule has 1 aromatic rings. The van der Waals surface area contributed by atoms with E-state index < -0.39 is 0 Å². The summed E-state index contributed by atoms with van der Waals surface area (Å²) in [4.78, 5) is 34.8. The van der Waals surface area contributed by atoms with Crippen molar-refractivity contribution >= 4 is 33.5 Å². The molecule has 2 N–H and O–H groups in total. The van der Waals surface area contributed by atoms with E-state index in [0.717, 1.165) is 4.47 Å². The van der Waals surface area contributed by atoms with Gasteiger partial charge in [-0.2, -0.15) is 0 Å². The second kappa shape index (κ2) is 9.35. The number of benzene rings is 1. The van der Waals surface area contributed by atoms with Crippen molar-refractivity contribution in [3.8, 4) is 0 Å². The fourth-order valence-corrected chi connectivity index (χ4v) is 1.95. The minimum absolute atomic E-state index is 0.0420. The molecule has 0 radical (unpaired) electrons. The largest absolute Gasteiger partial charge is 0.354 e. The highest BCUT2D eigenvalue weighted by Crippen LogP contribution is 2.12. The van der Waals surface area contributed by atoms with Crippen LogP contribution >= 0.6 is 15.9 Å². The van der Waals surface area contributed by atoms with Crippen LogP contribution in [0.2, 0.25) is 0 Å². The third-order valence-corrected chi connectivity index (χ3v) is 3.54. The van der Waals surface area contributed by atoms with E-state index in [-0.39, 0.29) is 36.4 Å². The fourth-order valence-electron chi connectivity index (χ4n) is 1.69. The van der Waals surface area contributed by atoms with Gasteiger partial charge in [0.15, 0.2) is 5.78 Å². The summed E-state index contributed by atoms with van der Waals surface area (Å²) in [6.45, 7) is 4.37. The van der Waals surface area contributed by atoms with Gasteiger partial charge in [0.2, 0.25) is 11.8 Å². The zero-order valence-corrected chi connectivity index (χ0v) is 14.4. The maximum atomic E-state index is 11.9. The van der Waals surface area contributed by atoms with Crippen LogP contribution < -0.4 is 10.6 Å². The molecule has 120 valence electrons. The predicted molar refractivity (Wildman–Crippen MR) is 88.6 cm³/mol. The van der Waals surface area contributed by atoms with Crippen molar-refractivity contribution < 1.29 is 14.4 Å². The first kappa shape index (κ1) is 18.4. The Labute approximate surface area is 139 Å². The van der Waals surface area contributed by atoms with E-state index >= 15 is 0 Å². The molecule has 0 unspecified atom stereocenters. The van der Waals surface area contributed by atoms with Crippen LogP contribution in [0.3, 0.4) is 0 Å². The molecular weight excluding hydrogens is 348 g/mol. The molecule has 0 heterocycles. The Hall–Kier alpha value is -1.69. The van der Waals surface area contributed by atoms with Gasteiger partial charge in [-0.05, 0) is 12.1 Å². The van der Waals surface area contributed by atoms with Gasteiger partial charge in [0, 0.05) is 41.9 Å². The lowest BCUT2D eigenvalue weighted by Gasteiger charge is -2.08. The number of carbonyl (C=O) groups excluding carboxylic acids is 3. The van der Waals surface area contributed by atoms with Crippen LogP contribution in [-0.2, 0) is 9.59 Å². The van der Waals surface area contributed by atoms with Gasteiger partial charge in [-0.3, -0.25) is 14.4 Å². The molecular formula is C16H21BrN2O3. The first-order valence-electron chi connectivity index (χ1n) is 7.23. The summed E-state index contributed by atoms with van der Waals surface area (Å²) in [5, 5.41) is 5.39. The van der Waals surface area contributed by atoms with E-state index in [0.29, 0.717) is 18.7 Å². The van der Waals surface area contributed by atoms with Crippen molar-refractivity contribution in [2.45, 2.75) is 26.7 Å². The molecule has 22 heavy (non-hydrogen) atoms. The monoisotopic (exact) mass is 368 g/mol. The molecule has 0 atom stereocenters. The van der Waals surface area contributed by atoms with Crippen molar-refractivity contribution in [2.24, 2.45) is 5.92 Å². The van der Waals surface area contributed by atoms with Gasteiger partial charge in [-0.25, -0.2) is 0 Å². The number of rotatable bonds is 8. The SMILES string of the molecule is CC(C)C(=O)NCCNC(=O)CCC(=O)c1ccc(Br)cc1. The Morgan fingerprint density at radius 2 is 1.59 bits per heavy atom. The van der Waals surface area contributed by atoms with Gasteiger partial charge in [0.25, 0.3) is 0 Å². The lowest BCUT2D eigenvalue weighted by Crippen LogP contribution is -2.36. The minimum atomic E-state index is -0.191. The molecule has 2 amide bonds. The predicted octanol–water partition coefficient (Wildman–Crippen LogP) is 2.30. The Balaban J connectivity index is 2.21. The van der Waals surface area contributed by atoms with E-state index in [4.69, 9.17) is 0 Å². The number of hydrogen-bond acceptors (Lipinski definition) is 3. The Morgan fingerprint density at radius 3 is 2.18 bits per heavy atom. The third-order valence-electron chi connectivity index (χ3n) is 3.02. The zero-order valence-electron chi connectivity index (χ0n) is 12.8. The number of carbonyl (C=O) groups is 3. The van der Waals surface area contributed by atoms with Gasteiger partial charge in [0.1, 0.15) is 0 Å². The number of Topliss-reactive ketones (excluding diaryl/α,β-unsaturated/α-hetero) is 1. The third kappa shape index (κ3) is 6.85. The lowest BCUT2D eigenvalue weighted by molar-refractivity contribution is -0.124. The summed E-state index contributed by atoms with van der Waals surface area (Å²) in [5.41, 5.74) is 0.597. The molecule has 0 aromatic heterocycles. The van der Waals surface area contributed by atoms with Crippen LogP contribution in [0.4, 0.5) is 0 Å². The minimum Gasteiger partial charge on any atom is -0.354 e. The Kier molecular flexibility index (Phi) is 7.80.